The molecule has 1 aromatic rings. The van der Waals surface area contributed by atoms with E-state index in [1.165, 1.54) is 22.6 Å². The molecule has 2 heteroatoms. The molecule has 70 valence electrons. The Morgan fingerprint density at radius 1 is 1.46 bits per heavy atom. The third-order valence-electron chi connectivity index (χ3n) is 2.37. The van der Waals surface area contributed by atoms with Gasteiger partial charge in [0.1, 0.15) is 0 Å². The molecule has 1 aliphatic heterocycles. The van der Waals surface area contributed by atoms with Crippen LogP contribution in [-0.4, -0.2) is 18.1 Å². The largest absolute Gasteiger partial charge is 0.308 e. The predicted octanol–water partition coefficient (Wildman–Crippen LogP) is 2.37. The Bertz CT molecular complexity index is 279. The number of hydrogen-bond donors (Lipinski definition) is 1. The van der Waals surface area contributed by atoms with Gasteiger partial charge in [-0.15, -0.1) is 0 Å². The number of aryl methyl sites for hydroxylation is 1. The molecule has 1 fully saturated rings. The van der Waals surface area contributed by atoms with Crippen LogP contribution in [0.1, 0.15) is 17.2 Å². The molecular formula is C11H15NS. The summed E-state index contributed by atoms with van der Waals surface area (Å²) in [6.45, 7) is 3.29. The van der Waals surface area contributed by atoms with E-state index in [1.807, 2.05) is 11.8 Å². The molecule has 1 unspecified atom stereocenters. The van der Waals surface area contributed by atoms with Gasteiger partial charge in [0.25, 0.3) is 0 Å². The van der Waals surface area contributed by atoms with Gasteiger partial charge in [-0.1, -0.05) is 29.8 Å². The first-order valence-electron chi connectivity index (χ1n) is 4.74. The molecule has 2 rings (SSSR count). The fraction of sp³-hybridized carbons (Fsp3) is 0.455. The fourth-order valence-electron chi connectivity index (χ4n) is 1.67. The van der Waals surface area contributed by atoms with Crippen molar-refractivity contribution in [1.29, 1.82) is 0 Å². The van der Waals surface area contributed by atoms with Crippen molar-refractivity contribution in [2.24, 2.45) is 0 Å². The molecule has 1 atom stereocenters. The zero-order valence-electron chi connectivity index (χ0n) is 7.92. The number of rotatable bonds is 1. The quantitative estimate of drug-likeness (QED) is 0.735. The van der Waals surface area contributed by atoms with E-state index in [-0.39, 0.29) is 0 Å². The number of nitrogens with one attached hydrogen (secondary N) is 1. The van der Waals surface area contributed by atoms with Gasteiger partial charge < -0.3 is 5.32 Å². The Hall–Kier alpha value is -0.470. The molecule has 0 aliphatic carbocycles. The molecule has 13 heavy (non-hydrogen) atoms. The molecule has 0 saturated carbocycles. The monoisotopic (exact) mass is 193 g/mol. The summed E-state index contributed by atoms with van der Waals surface area (Å²) in [5.74, 6) is 2.46. The number of hydrogen-bond acceptors (Lipinski definition) is 2. The van der Waals surface area contributed by atoms with Crippen molar-refractivity contribution < 1.29 is 0 Å². The maximum atomic E-state index is 3.54. The Morgan fingerprint density at radius 3 is 3.08 bits per heavy atom. The third-order valence-corrected chi connectivity index (χ3v) is 3.43. The van der Waals surface area contributed by atoms with Crippen molar-refractivity contribution in [3.8, 4) is 0 Å². The minimum absolute atomic E-state index is 0.568. The second-order valence-electron chi connectivity index (χ2n) is 3.50. The van der Waals surface area contributed by atoms with Crippen LogP contribution in [0.2, 0.25) is 0 Å². The van der Waals surface area contributed by atoms with Crippen molar-refractivity contribution in [1.82, 2.24) is 5.32 Å². The van der Waals surface area contributed by atoms with Crippen LogP contribution in [0.25, 0.3) is 0 Å². The van der Waals surface area contributed by atoms with Crippen molar-refractivity contribution in [3.63, 3.8) is 0 Å². The maximum absolute atomic E-state index is 3.54. The summed E-state index contributed by atoms with van der Waals surface area (Å²) in [5.41, 5.74) is 2.79. The number of benzene rings is 1. The van der Waals surface area contributed by atoms with E-state index in [1.54, 1.807) is 0 Å². The zero-order valence-corrected chi connectivity index (χ0v) is 8.73. The molecule has 0 bridgehead atoms. The normalized spacial score (nSPS) is 23.0. The minimum Gasteiger partial charge on any atom is -0.308 e. The molecule has 1 heterocycles. The van der Waals surface area contributed by atoms with Crippen LogP contribution in [0.3, 0.4) is 0 Å². The lowest BCUT2D eigenvalue weighted by molar-refractivity contribution is 0.595. The van der Waals surface area contributed by atoms with Crippen LogP contribution in [0.4, 0.5) is 0 Å². The van der Waals surface area contributed by atoms with Gasteiger partial charge in [0.05, 0.1) is 0 Å². The summed E-state index contributed by atoms with van der Waals surface area (Å²) < 4.78 is 0. The summed E-state index contributed by atoms with van der Waals surface area (Å²) in [5, 5.41) is 3.54. The average Bonchev–Trinajstić information content (AvgIpc) is 2.19. The summed E-state index contributed by atoms with van der Waals surface area (Å²) in [4.78, 5) is 0. The Morgan fingerprint density at radius 2 is 2.38 bits per heavy atom. The van der Waals surface area contributed by atoms with Gasteiger partial charge in [-0.2, -0.15) is 11.8 Å². The van der Waals surface area contributed by atoms with Crippen molar-refractivity contribution >= 4 is 11.8 Å². The second-order valence-corrected chi connectivity index (χ2v) is 4.65. The van der Waals surface area contributed by atoms with Crippen molar-refractivity contribution in [2.75, 3.05) is 18.1 Å². The minimum atomic E-state index is 0.568. The Labute approximate surface area is 83.9 Å². The Kier molecular flexibility index (Phi) is 2.91. The summed E-state index contributed by atoms with van der Waals surface area (Å²) >= 11 is 2.04. The van der Waals surface area contributed by atoms with Crippen LogP contribution >= 0.6 is 11.8 Å². The van der Waals surface area contributed by atoms with E-state index in [4.69, 9.17) is 0 Å². The molecule has 0 spiro atoms. The molecule has 1 saturated heterocycles. The topological polar surface area (TPSA) is 12.0 Å². The predicted molar refractivity (Wildman–Crippen MR) is 59.2 cm³/mol. The molecule has 1 aromatic carbocycles. The lowest BCUT2D eigenvalue weighted by Gasteiger charge is -2.23. The van der Waals surface area contributed by atoms with Crippen molar-refractivity contribution in [3.05, 3.63) is 35.4 Å². The van der Waals surface area contributed by atoms with Crippen LogP contribution in [-0.2, 0) is 0 Å². The van der Waals surface area contributed by atoms with Crippen molar-refractivity contribution in [2.45, 2.75) is 13.0 Å². The third kappa shape index (κ3) is 2.26. The van der Waals surface area contributed by atoms with Gasteiger partial charge in [-0.05, 0) is 12.5 Å². The van der Waals surface area contributed by atoms with Crippen LogP contribution in [0.15, 0.2) is 24.3 Å². The lowest BCUT2D eigenvalue weighted by Crippen LogP contribution is -2.30. The maximum Gasteiger partial charge on any atom is 0.0412 e. The molecular weight excluding hydrogens is 178 g/mol. The van der Waals surface area contributed by atoms with Crippen LogP contribution in [0.5, 0.6) is 0 Å². The molecule has 1 N–H and O–H groups in total. The SMILES string of the molecule is Cc1cccc(C2CSCCN2)c1. The molecule has 0 amide bonds. The van der Waals surface area contributed by atoms with E-state index in [9.17, 15) is 0 Å². The molecule has 1 aliphatic rings. The first-order chi connectivity index (χ1) is 6.36. The highest BCUT2D eigenvalue weighted by molar-refractivity contribution is 7.99. The van der Waals surface area contributed by atoms with Gasteiger partial charge in [0.15, 0.2) is 0 Å². The van der Waals surface area contributed by atoms with E-state index in [0.717, 1.165) is 6.54 Å². The van der Waals surface area contributed by atoms with Gasteiger partial charge in [0, 0.05) is 24.1 Å². The summed E-state index contributed by atoms with van der Waals surface area (Å²) in [6, 6.07) is 9.37. The van der Waals surface area contributed by atoms with Gasteiger partial charge in [-0.3, -0.25) is 0 Å². The smallest absolute Gasteiger partial charge is 0.0412 e. The molecule has 0 radical (unpaired) electrons. The zero-order chi connectivity index (χ0) is 9.10. The van der Waals surface area contributed by atoms with E-state index < -0.39 is 0 Å². The summed E-state index contributed by atoms with van der Waals surface area (Å²) in [7, 11) is 0. The second kappa shape index (κ2) is 4.16. The van der Waals surface area contributed by atoms with E-state index in [0.29, 0.717) is 6.04 Å². The lowest BCUT2D eigenvalue weighted by atomic mass is 10.1. The standard InChI is InChI=1S/C11H15NS/c1-9-3-2-4-10(7-9)11-8-13-6-5-12-11/h2-4,7,11-12H,5-6,8H2,1H3. The highest BCUT2D eigenvalue weighted by Gasteiger charge is 2.14. The van der Waals surface area contributed by atoms with Crippen LogP contribution < -0.4 is 5.32 Å². The first kappa shape index (κ1) is 9.10. The first-order valence-corrected chi connectivity index (χ1v) is 5.89. The molecule has 1 nitrogen and oxygen atoms in total. The molecule has 0 aromatic heterocycles. The Balaban J connectivity index is 2.14. The highest BCUT2D eigenvalue weighted by Crippen LogP contribution is 2.22. The van der Waals surface area contributed by atoms with Gasteiger partial charge >= 0.3 is 0 Å². The van der Waals surface area contributed by atoms with Crippen LogP contribution in [0, 0.1) is 6.92 Å². The van der Waals surface area contributed by atoms with Gasteiger partial charge in [-0.25, -0.2) is 0 Å². The summed E-state index contributed by atoms with van der Waals surface area (Å²) in [6.07, 6.45) is 0. The highest BCUT2D eigenvalue weighted by atomic mass is 32.2. The van der Waals surface area contributed by atoms with E-state index in [2.05, 4.69) is 36.5 Å². The van der Waals surface area contributed by atoms with Gasteiger partial charge in [0.2, 0.25) is 0 Å². The number of thioether (sulfide) groups is 1. The van der Waals surface area contributed by atoms with E-state index >= 15 is 0 Å². The fourth-order valence-corrected chi connectivity index (χ4v) is 2.64. The average molecular weight is 193 g/mol.